The third-order valence-electron chi connectivity index (χ3n) is 2.24. The molecule has 1 aromatic heterocycles. The van der Waals surface area contributed by atoms with E-state index in [9.17, 15) is 4.79 Å². The van der Waals surface area contributed by atoms with Crippen LogP contribution >= 0.6 is 0 Å². The number of nitrogens with two attached hydrogens (primary N) is 2. The van der Waals surface area contributed by atoms with Crippen LogP contribution in [0.25, 0.3) is 0 Å². The summed E-state index contributed by atoms with van der Waals surface area (Å²) in [7, 11) is 0. The van der Waals surface area contributed by atoms with E-state index in [1.807, 2.05) is 6.92 Å². The Bertz CT molecular complexity index is 396. The SMILES string of the molecule is CCCOc1nc(NCCCC(N)=O)ccc1N. The van der Waals surface area contributed by atoms with E-state index >= 15 is 0 Å². The van der Waals surface area contributed by atoms with Gasteiger partial charge in [-0.05, 0) is 25.0 Å². The van der Waals surface area contributed by atoms with Gasteiger partial charge in [-0.2, -0.15) is 4.98 Å². The molecule has 0 fully saturated rings. The molecule has 6 nitrogen and oxygen atoms in total. The third kappa shape index (κ3) is 4.90. The summed E-state index contributed by atoms with van der Waals surface area (Å²) in [5.74, 6) is 0.825. The van der Waals surface area contributed by atoms with Crippen LogP contribution in [0.2, 0.25) is 0 Å². The van der Waals surface area contributed by atoms with Crippen LogP contribution in [0.5, 0.6) is 5.88 Å². The number of hydrogen-bond donors (Lipinski definition) is 3. The molecule has 5 N–H and O–H groups in total. The molecule has 0 saturated heterocycles. The summed E-state index contributed by atoms with van der Waals surface area (Å²) in [6.45, 7) is 3.23. The summed E-state index contributed by atoms with van der Waals surface area (Å²) in [5, 5.41) is 3.09. The number of nitrogens with one attached hydrogen (secondary N) is 1. The van der Waals surface area contributed by atoms with E-state index < -0.39 is 0 Å². The number of rotatable bonds is 8. The fraction of sp³-hybridized carbons (Fsp3) is 0.500. The standard InChI is InChI=1S/C12H20N4O2/c1-2-8-18-12-9(13)5-6-11(16-12)15-7-3-4-10(14)17/h5-6H,2-4,7-8,13H2,1H3,(H2,14,17)(H,15,16). The average molecular weight is 252 g/mol. The second-order valence-corrected chi connectivity index (χ2v) is 3.94. The Labute approximate surface area is 107 Å². The number of ether oxygens (including phenoxy) is 1. The molecule has 0 unspecified atom stereocenters. The van der Waals surface area contributed by atoms with Crippen LogP contribution in [0.15, 0.2) is 12.1 Å². The zero-order chi connectivity index (χ0) is 13.4. The van der Waals surface area contributed by atoms with Crippen LogP contribution in [-0.2, 0) is 4.79 Å². The number of nitrogens with zero attached hydrogens (tertiary/aromatic N) is 1. The van der Waals surface area contributed by atoms with E-state index in [0.717, 1.165) is 6.42 Å². The molecule has 0 aliphatic heterocycles. The van der Waals surface area contributed by atoms with Gasteiger partial charge in [0.05, 0.1) is 12.3 Å². The Morgan fingerprint density at radius 1 is 1.50 bits per heavy atom. The number of carbonyl (C=O) groups excluding carboxylic acids is 1. The number of hydrogen-bond acceptors (Lipinski definition) is 5. The van der Waals surface area contributed by atoms with Crippen molar-refractivity contribution in [2.45, 2.75) is 26.2 Å². The maximum absolute atomic E-state index is 10.6. The van der Waals surface area contributed by atoms with Crippen molar-refractivity contribution in [1.29, 1.82) is 0 Å². The summed E-state index contributed by atoms with van der Waals surface area (Å²) in [6.07, 6.45) is 1.94. The molecule has 0 saturated carbocycles. The Hall–Kier alpha value is -1.98. The van der Waals surface area contributed by atoms with Gasteiger partial charge in [-0.25, -0.2) is 0 Å². The van der Waals surface area contributed by atoms with Crippen LogP contribution in [0.3, 0.4) is 0 Å². The van der Waals surface area contributed by atoms with Crippen molar-refractivity contribution in [2.75, 3.05) is 24.2 Å². The minimum Gasteiger partial charge on any atom is -0.476 e. The van der Waals surface area contributed by atoms with Crippen LogP contribution in [0.1, 0.15) is 26.2 Å². The Morgan fingerprint density at radius 2 is 2.28 bits per heavy atom. The largest absolute Gasteiger partial charge is 0.476 e. The number of primary amides is 1. The summed E-state index contributed by atoms with van der Waals surface area (Å²) < 4.78 is 5.42. The van der Waals surface area contributed by atoms with Crippen molar-refractivity contribution in [2.24, 2.45) is 5.73 Å². The first kappa shape index (κ1) is 14.1. The lowest BCUT2D eigenvalue weighted by molar-refractivity contribution is -0.118. The molecule has 1 aromatic rings. The molecular weight excluding hydrogens is 232 g/mol. The molecule has 100 valence electrons. The summed E-state index contributed by atoms with van der Waals surface area (Å²) in [5.41, 5.74) is 11.3. The minimum atomic E-state index is -0.297. The lowest BCUT2D eigenvalue weighted by Gasteiger charge is -2.10. The first-order valence-corrected chi connectivity index (χ1v) is 6.05. The topological polar surface area (TPSA) is 103 Å². The molecule has 1 amide bonds. The van der Waals surface area contributed by atoms with Crippen molar-refractivity contribution in [3.05, 3.63) is 12.1 Å². The summed E-state index contributed by atoms with van der Waals surface area (Å²) >= 11 is 0. The molecule has 0 spiro atoms. The van der Waals surface area contributed by atoms with E-state index in [0.29, 0.717) is 43.4 Å². The number of nitrogen functional groups attached to an aromatic ring is 1. The fourth-order valence-corrected chi connectivity index (χ4v) is 1.34. The van der Waals surface area contributed by atoms with Gasteiger partial charge in [0.2, 0.25) is 11.8 Å². The Morgan fingerprint density at radius 3 is 2.94 bits per heavy atom. The number of aromatic nitrogens is 1. The average Bonchev–Trinajstić information content (AvgIpc) is 2.34. The summed E-state index contributed by atoms with van der Waals surface area (Å²) in [6, 6.07) is 3.52. The predicted molar refractivity (Wildman–Crippen MR) is 71.4 cm³/mol. The zero-order valence-corrected chi connectivity index (χ0v) is 10.6. The highest BCUT2D eigenvalue weighted by Gasteiger charge is 2.04. The molecule has 1 rings (SSSR count). The van der Waals surface area contributed by atoms with Gasteiger partial charge in [-0.1, -0.05) is 6.92 Å². The van der Waals surface area contributed by atoms with Crippen molar-refractivity contribution >= 4 is 17.4 Å². The van der Waals surface area contributed by atoms with Crippen molar-refractivity contribution in [3.8, 4) is 5.88 Å². The van der Waals surface area contributed by atoms with Gasteiger partial charge < -0.3 is 21.5 Å². The Balaban J connectivity index is 2.48. The smallest absolute Gasteiger partial charge is 0.239 e. The van der Waals surface area contributed by atoms with Gasteiger partial charge in [-0.3, -0.25) is 4.79 Å². The second kappa shape index (κ2) is 7.37. The van der Waals surface area contributed by atoms with Crippen LogP contribution in [0.4, 0.5) is 11.5 Å². The molecule has 0 radical (unpaired) electrons. The van der Waals surface area contributed by atoms with Crippen LogP contribution < -0.4 is 21.5 Å². The van der Waals surface area contributed by atoms with E-state index in [4.69, 9.17) is 16.2 Å². The highest BCUT2D eigenvalue weighted by Crippen LogP contribution is 2.20. The first-order valence-electron chi connectivity index (χ1n) is 6.05. The first-order chi connectivity index (χ1) is 8.63. The quantitative estimate of drug-likeness (QED) is 0.602. The number of carbonyl (C=O) groups is 1. The second-order valence-electron chi connectivity index (χ2n) is 3.94. The maximum atomic E-state index is 10.6. The van der Waals surface area contributed by atoms with E-state index in [1.54, 1.807) is 12.1 Å². The van der Waals surface area contributed by atoms with Gasteiger partial charge in [0.15, 0.2) is 0 Å². The molecule has 0 aliphatic rings. The van der Waals surface area contributed by atoms with E-state index in [-0.39, 0.29) is 5.91 Å². The maximum Gasteiger partial charge on any atom is 0.239 e. The molecule has 0 atom stereocenters. The van der Waals surface area contributed by atoms with Crippen molar-refractivity contribution < 1.29 is 9.53 Å². The van der Waals surface area contributed by atoms with Gasteiger partial charge in [0, 0.05) is 13.0 Å². The third-order valence-corrected chi connectivity index (χ3v) is 2.24. The van der Waals surface area contributed by atoms with Crippen molar-refractivity contribution in [1.82, 2.24) is 4.98 Å². The summed E-state index contributed by atoms with van der Waals surface area (Å²) in [4.78, 5) is 14.8. The molecular formula is C12H20N4O2. The van der Waals surface area contributed by atoms with E-state index in [2.05, 4.69) is 10.3 Å². The van der Waals surface area contributed by atoms with Crippen LogP contribution in [-0.4, -0.2) is 24.0 Å². The monoisotopic (exact) mass is 252 g/mol. The van der Waals surface area contributed by atoms with Gasteiger partial charge in [-0.15, -0.1) is 0 Å². The lowest BCUT2D eigenvalue weighted by Crippen LogP contribution is -2.13. The van der Waals surface area contributed by atoms with Crippen LogP contribution in [0, 0.1) is 0 Å². The fourth-order valence-electron chi connectivity index (χ4n) is 1.34. The zero-order valence-electron chi connectivity index (χ0n) is 10.6. The highest BCUT2D eigenvalue weighted by atomic mass is 16.5. The van der Waals surface area contributed by atoms with Gasteiger partial charge in [0.25, 0.3) is 0 Å². The number of anilines is 2. The molecule has 0 bridgehead atoms. The molecule has 0 aromatic carbocycles. The molecule has 0 aliphatic carbocycles. The molecule has 1 heterocycles. The Kier molecular flexibility index (Phi) is 5.76. The molecule has 18 heavy (non-hydrogen) atoms. The normalized spacial score (nSPS) is 10.1. The lowest BCUT2D eigenvalue weighted by atomic mass is 10.3. The molecule has 6 heteroatoms. The highest BCUT2D eigenvalue weighted by molar-refractivity contribution is 5.73. The number of amides is 1. The van der Waals surface area contributed by atoms with E-state index in [1.165, 1.54) is 0 Å². The minimum absolute atomic E-state index is 0.297. The number of pyridine rings is 1. The van der Waals surface area contributed by atoms with Gasteiger partial charge in [0.1, 0.15) is 5.82 Å². The van der Waals surface area contributed by atoms with Crippen molar-refractivity contribution in [3.63, 3.8) is 0 Å². The predicted octanol–water partition coefficient (Wildman–Crippen LogP) is 1.13. The van der Waals surface area contributed by atoms with Gasteiger partial charge >= 0.3 is 0 Å².